The molecule has 2 nitrogen and oxygen atoms in total. The highest BCUT2D eigenvalue weighted by atomic mass is 16.1. The number of hydrogen-bond donors (Lipinski definition) is 0. The molecule has 0 aliphatic rings. The topological polar surface area (TPSA) is 20.3 Å². The highest BCUT2D eigenvalue weighted by molar-refractivity contribution is 5.96. The number of carbonyl (C=O) groups is 1. The van der Waals surface area contributed by atoms with Crippen LogP contribution in [0.25, 0.3) is 0 Å². The molecule has 21 heavy (non-hydrogen) atoms. The molecular weight excluding hydrogens is 258 g/mol. The third kappa shape index (κ3) is 4.83. The first-order valence-corrected chi connectivity index (χ1v) is 7.38. The van der Waals surface area contributed by atoms with Crippen molar-refractivity contribution in [3.63, 3.8) is 0 Å². The Kier molecular flexibility index (Phi) is 5.29. The summed E-state index contributed by atoms with van der Waals surface area (Å²) in [4.78, 5) is 14.3. The summed E-state index contributed by atoms with van der Waals surface area (Å²) in [6.07, 6.45) is 0.561. The second-order valence-electron chi connectivity index (χ2n) is 5.76. The van der Waals surface area contributed by atoms with E-state index in [1.807, 2.05) is 31.2 Å². The minimum Gasteiger partial charge on any atom is -0.302 e. The maximum atomic E-state index is 12.1. The molecule has 0 aromatic heterocycles. The van der Waals surface area contributed by atoms with E-state index in [9.17, 15) is 4.79 Å². The van der Waals surface area contributed by atoms with Crippen molar-refractivity contribution in [2.45, 2.75) is 26.8 Å². The highest BCUT2D eigenvalue weighted by Gasteiger charge is 2.07. The molecule has 0 aliphatic carbocycles. The molecule has 0 atom stereocenters. The standard InChI is InChI=1S/C19H23NO/c1-15-4-8-17(9-5-15)14-20(3)13-12-19(21)18-10-6-16(2)7-11-18/h4-11H,12-14H2,1-3H3. The summed E-state index contributed by atoms with van der Waals surface area (Å²) in [5.41, 5.74) is 4.55. The third-order valence-electron chi connectivity index (χ3n) is 3.67. The van der Waals surface area contributed by atoms with Gasteiger partial charge in [0, 0.05) is 25.1 Å². The Bertz CT molecular complexity index is 584. The minimum atomic E-state index is 0.214. The van der Waals surface area contributed by atoms with Crippen LogP contribution in [-0.4, -0.2) is 24.3 Å². The van der Waals surface area contributed by atoms with Crippen LogP contribution in [0.1, 0.15) is 33.5 Å². The maximum Gasteiger partial charge on any atom is 0.164 e. The fraction of sp³-hybridized carbons (Fsp3) is 0.316. The van der Waals surface area contributed by atoms with Crippen LogP contribution in [0.4, 0.5) is 0 Å². The Morgan fingerprint density at radius 2 is 1.43 bits per heavy atom. The fourth-order valence-electron chi connectivity index (χ4n) is 2.26. The van der Waals surface area contributed by atoms with Gasteiger partial charge in [0.1, 0.15) is 0 Å². The molecule has 2 aromatic carbocycles. The number of nitrogens with zero attached hydrogens (tertiary/aromatic N) is 1. The van der Waals surface area contributed by atoms with Gasteiger partial charge < -0.3 is 4.90 Å². The first-order chi connectivity index (χ1) is 10.0. The maximum absolute atomic E-state index is 12.1. The van der Waals surface area contributed by atoms with Crippen molar-refractivity contribution >= 4 is 5.78 Å². The lowest BCUT2D eigenvalue weighted by Gasteiger charge is -2.16. The number of Topliss-reactive ketones (excluding diaryl/α,β-unsaturated/α-hetero) is 1. The number of benzene rings is 2. The Morgan fingerprint density at radius 1 is 0.905 bits per heavy atom. The average molecular weight is 281 g/mol. The number of ketones is 1. The van der Waals surface area contributed by atoms with Crippen LogP contribution in [-0.2, 0) is 6.54 Å². The van der Waals surface area contributed by atoms with Crippen LogP contribution in [0, 0.1) is 13.8 Å². The van der Waals surface area contributed by atoms with E-state index in [4.69, 9.17) is 0 Å². The molecule has 2 rings (SSSR count). The molecule has 0 unspecified atom stereocenters. The molecular formula is C19H23NO. The molecule has 2 heteroatoms. The van der Waals surface area contributed by atoms with Gasteiger partial charge in [-0.05, 0) is 26.5 Å². The monoisotopic (exact) mass is 281 g/mol. The average Bonchev–Trinajstić information content (AvgIpc) is 2.48. The Labute approximate surface area is 127 Å². The molecule has 0 fully saturated rings. The summed E-state index contributed by atoms with van der Waals surface area (Å²) in [6, 6.07) is 16.4. The Balaban J connectivity index is 1.83. The van der Waals surface area contributed by atoms with Gasteiger partial charge in [-0.25, -0.2) is 0 Å². The molecule has 0 N–H and O–H groups in total. The van der Waals surface area contributed by atoms with Crippen molar-refractivity contribution in [3.8, 4) is 0 Å². The van der Waals surface area contributed by atoms with Gasteiger partial charge in [-0.2, -0.15) is 0 Å². The predicted molar refractivity (Wildman–Crippen MR) is 87.6 cm³/mol. The van der Waals surface area contributed by atoms with Gasteiger partial charge in [0.2, 0.25) is 0 Å². The van der Waals surface area contributed by atoms with Crippen LogP contribution in [0.15, 0.2) is 48.5 Å². The van der Waals surface area contributed by atoms with Crippen molar-refractivity contribution in [2.24, 2.45) is 0 Å². The molecule has 0 heterocycles. The summed E-state index contributed by atoms with van der Waals surface area (Å²) >= 11 is 0. The highest BCUT2D eigenvalue weighted by Crippen LogP contribution is 2.09. The zero-order valence-electron chi connectivity index (χ0n) is 13.1. The molecule has 110 valence electrons. The summed E-state index contributed by atoms with van der Waals surface area (Å²) < 4.78 is 0. The minimum absolute atomic E-state index is 0.214. The largest absolute Gasteiger partial charge is 0.302 e. The molecule has 0 radical (unpaired) electrons. The van der Waals surface area contributed by atoms with Crippen LogP contribution >= 0.6 is 0 Å². The molecule has 0 spiro atoms. The molecule has 0 bridgehead atoms. The SMILES string of the molecule is Cc1ccc(CN(C)CCC(=O)c2ccc(C)cc2)cc1. The number of hydrogen-bond acceptors (Lipinski definition) is 2. The third-order valence-corrected chi connectivity index (χ3v) is 3.67. The second kappa shape index (κ2) is 7.19. The van der Waals surface area contributed by atoms with Crippen LogP contribution in [0.3, 0.4) is 0 Å². The van der Waals surface area contributed by atoms with Gasteiger partial charge in [-0.15, -0.1) is 0 Å². The molecule has 0 saturated heterocycles. The van der Waals surface area contributed by atoms with E-state index in [2.05, 4.69) is 43.1 Å². The van der Waals surface area contributed by atoms with Gasteiger partial charge in [0.05, 0.1) is 0 Å². The van der Waals surface area contributed by atoms with Crippen LogP contribution in [0.5, 0.6) is 0 Å². The first-order valence-electron chi connectivity index (χ1n) is 7.38. The van der Waals surface area contributed by atoms with Crippen molar-refractivity contribution in [2.75, 3.05) is 13.6 Å². The lowest BCUT2D eigenvalue weighted by Crippen LogP contribution is -2.21. The molecule has 0 amide bonds. The molecule has 0 saturated carbocycles. The molecule has 0 aliphatic heterocycles. The zero-order chi connectivity index (χ0) is 15.2. The lowest BCUT2D eigenvalue weighted by molar-refractivity contribution is 0.0968. The van der Waals surface area contributed by atoms with Crippen molar-refractivity contribution < 1.29 is 4.79 Å². The van der Waals surface area contributed by atoms with Gasteiger partial charge in [0.25, 0.3) is 0 Å². The van der Waals surface area contributed by atoms with Crippen molar-refractivity contribution in [1.29, 1.82) is 0 Å². The lowest BCUT2D eigenvalue weighted by atomic mass is 10.1. The quantitative estimate of drug-likeness (QED) is 0.746. The normalized spacial score (nSPS) is 10.9. The first kappa shape index (κ1) is 15.5. The second-order valence-corrected chi connectivity index (χ2v) is 5.76. The molecule has 2 aromatic rings. The predicted octanol–water partition coefficient (Wildman–Crippen LogP) is 4.01. The van der Waals surface area contributed by atoms with E-state index < -0.39 is 0 Å². The van der Waals surface area contributed by atoms with Gasteiger partial charge >= 0.3 is 0 Å². The smallest absolute Gasteiger partial charge is 0.164 e. The summed E-state index contributed by atoms with van der Waals surface area (Å²) in [7, 11) is 2.06. The number of carbonyl (C=O) groups excluding carboxylic acids is 1. The fourth-order valence-corrected chi connectivity index (χ4v) is 2.26. The van der Waals surface area contributed by atoms with E-state index in [1.165, 1.54) is 16.7 Å². The Hall–Kier alpha value is -1.93. The summed E-state index contributed by atoms with van der Waals surface area (Å²) in [6.45, 7) is 5.78. The van der Waals surface area contributed by atoms with Crippen molar-refractivity contribution in [3.05, 3.63) is 70.8 Å². The van der Waals surface area contributed by atoms with E-state index >= 15 is 0 Å². The number of aryl methyl sites for hydroxylation is 2. The summed E-state index contributed by atoms with van der Waals surface area (Å²) in [5, 5.41) is 0. The van der Waals surface area contributed by atoms with Gasteiger partial charge in [-0.3, -0.25) is 4.79 Å². The Morgan fingerprint density at radius 3 is 2.00 bits per heavy atom. The van der Waals surface area contributed by atoms with Gasteiger partial charge in [-0.1, -0.05) is 59.7 Å². The summed E-state index contributed by atoms with van der Waals surface area (Å²) in [5.74, 6) is 0.214. The van der Waals surface area contributed by atoms with Gasteiger partial charge in [0.15, 0.2) is 5.78 Å². The zero-order valence-corrected chi connectivity index (χ0v) is 13.1. The number of rotatable bonds is 6. The van der Waals surface area contributed by atoms with Crippen molar-refractivity contribution in [1.82, 2.24) is 4.90 Å². The van der Waals surface area contributed by atoms with E-state index in [0.29, 0.717) is 6.42 Å². The van der Waals surface area contributed by atoms with Crippen LogP contribution in [0.2, 0.25) is 0 Å². The van der Waals surface area contributed by atoms with Crippen LogP contribution < -0.4 is 0 Å². The van der Waals surface area contributed by atoms with E-state index in [-0.39, 0.29) is 5.78 Å². The van der Waals surface area contributed by atoms with E-state index in [0.717, 1.165) is 18.7 Å². The van der Waals surface area contributed by atoms with E-state index in [1.54, 1.807) is 0 Å².